The lowest BCUT2D eigenvalue weighted by Gasteiger charge is -2.26. The van der Waals surface area contributed by atoms with Gasteiger partial charge in [0.05, 0.1) is 44.2 Å². The number of aryl methyl sites for hydroxylation is 1. The molecule has 0 radical (unpaired) electrons. The van der Waals surface area contributed by atoms with Gasteiger partial charge in [0.1, 0.15) is 23.0 Å². The SMILES string of the molecule is COc1ccc(C)cc1/C(O)=C1\C(=O)C(=O)N(Cc2ccco2)C1c1ccccc1OC. The number of nitrogens with zero attached hydrogens (tertiary/aromatic N) is 1. The van der Waals surface area contributed by atoms with Gasteiger partial charge in [-0.3, -0.25) is 9.59 Å². The zero-order chi connectivity index (χ0) is 22.8. The fourth-order valence-corrected chi connectivity index (χ4v) is 3.98. The summed E-state index contributed by atoms with van der Waals surface area (Å²) in [6, 6.07) is 14.9. The van der Waals surface area contributed by atoms with Crippen LogP contribution in [0.3, 0.4) is 0 Å². The lowest BCUT2D eigenvalue weighted by molar-refractivity contribution is -0.140. The molecule has 7 heteroatoms. The molecule has 3 aromatic rings. The number of ketones is 1. The molecule has 1 aromatic heterocycles. The van der Waals surface area contributed by atoms with E-state index in [1.54, 1.807) is 48.5 Å². The van der Waals surface area contributed by atoms with Gasteiger partial charge in [0.2, 0.25) is 0 Å². The fraction of sp³-hybridized carbons (Fsp3) is 0.200. The monoisotopic (exact) mass is 433 g/mol. The number of likely N-dealkylation sites (tertiary alicyclic amines) is 1. The average Bonchev–Trinajstić information content (AvgIpc) is 3.41. The van der Waals surface area contributed by atoms with Crippen molar-refractivity contribution in [2.75, 3.05) is 14.2 Å². The van der Waals surface area contributed by atoms with E-state index < -0.39 is 17.7 Å². The molecule has 1 fully saturated rings. The van der Waals surface area contributed by atoms with E-state index in [9.17, 15) is 14.7 Å². The van der Waals surface area contributed by atoms with Crippen LogP contribution in [0.4, 0.5) is 0 Å². The van der Waals surface area contributed by atoms with Gasteiger partial charge in [-0.15, -0.1) is 0 Å². The zero-order valence-electron chi connectivity index (χ0n) is 18.0. The second-order valence-electron chi connectivity index (χ2n) is 7.45. The molecule has 1 aliphatic heterocycles. The Balaban J connectivity index is 1.95. The second kappa shape index (κ2) is 8.63. The van der Waals surface area contributed by atoms with Crippen molar-refractivity contribution in [1.82, 2.24) is 4.90 Å². The number of carbonyl (C=O) groups is 2. The lowest BCUT2D eigenvalue weighted by atomic mass is 9.94. The molecule has 1 aliphatic rings. The van der Waals surface area contributed by atoms with Crippen LogP contribution in [0.15, 0.2) is 70.9 Å². The van der Waals surface area contributed by atoms with Crippen LogP contribution in [0.1, 0.15) is 28.5 Å². The van der Waals surface area contributed by atoms with E-state index in [1.807, 2.05) is 13.0 Å². The van der Waals surface area contributed by atoms with Gasteiger partial charge in [0.15, 0.2) is 0 Å². The number of hydrogen-bond donors (Lipinski definition) is 1. The first-order valence-electron chi connectivity index (χ1n) is 10.0. The number of hydrogen-bond acceptors (Lipinski definition) is 6. The van der Waals surface area contributed by atoms with E-state index in [2.05, 4.69) is 0 Å². The summed E-state index contributed by atoms with van der Waals surface area (Å²) in [6.45, 7) is 1.92. The quantitative estimate of drug-likeness (QED) is 0.356. The minimum atomic E-state index is -0.874. The summed E-state index contributed by atoms with van der Waals surface area (Å²) in [5.74, 6) is -0.421. The molecule has 0 aliphatic carbocycles. The highest BCUT2D eigenvalue weighted by Gasteiger charge is 2.47. The van der Waals surface area contributed by atoms with Crippen molar-refractivity contribution in [2.24, 2.45) is 0 Å². The number of amides is 1. The Morgan fingerprint density at radius 2 is 1.78 bits per heavy atom. The molecule has 1 atom stereocenters. The molecule has 1 unspecified atom stereocenters. The van der Waals surface area contributed by atoms with Gasteiger partial charge >= 0.3 is 0 Å². The maximum atomic E-state index is 13.2. The third-order valence-corrected chi connectivity index (χ3v) is 5.49. The number of rotatable bonds is 6. The van der Waals surface area contributed by atoms with Crippen LogP contribution in [0.2, 0.25) is 0 Å². The number of aliphatic hydroxyl groups excluding tert-OH is 1. The van der Waals surface area contributed by atoms with Crippen molar-refractivity contribution < 1.29 is 28.6 Å². The molecule has 164 valence electrons. The third kappa shape index (κ3) is 3.62. The van der Waals surface area contributed by atoms with Crippen LogP contribution in [0.25, 0.3) is 5.76 Å². The molecule has 7 nitrogen and oxygen atoms in total. The van der Waals surface area contributed by atoms with Crippen LogP contribution < -0.4 is 9.47 Å². The minimum absolute atomic E-state index is 0.0324. The van der Waals surface area contributed by atoms with Crippen LogP contribution in [0, 0.1) is 6.92 Å². The number of methoxy groups -OCH3 is 2. The van der Waals surface area contributed by atoms with Crippen LogP contribution in [-0.4, -0.2) is 35.9 Å². The summed E-state index contributed by atoms with van der Waals surface area (Å²) >= 11 is 0. The van der Waals surface area contributed by atoms with Gasteiger partial charge < -0.3 is 23.9 Å². The predicted molar refractivity (Wildman–Crippen MR) is 117 cm³/mol. The number of carbonyl (C=O) groups excluding carboxylic acids is 2. The lowest BCUT2D eigenvalue weighted by Crippen LogP contribution is -2.29. The number of furan rings is 1. The van der Waals surface area contributed by atoms with E-state index >= 15 is 0 Å². The molecule has 1 amide bonds. The molecular formula is C25H23NO6. The standard InChI is InChI=1S/C25H23NO6/c1-15-10-11-20(31-3)18(13-15)23(27)21-22(17-8-4-5-9-19(17)30-2)26(25(29)24(21)28)14-16-7-6-12-32-16/h4-13,22,27H,14H2,1-3H3/b23-21+. The highest BCUT2D eigenvalue weighted by Crippen LogP contribution is 2.44. The maximum Gasteiger partial charge on any atom is 0.296 e. The normalized spacial score (nSPS) is 17.6. The molecule has 32 heavy (non-hydrogen) atoms. The Labute approximate surface area is 185 Å². The van der Waals surface area contributed by atoms with Crippen molar-refractivity contribution in [2.45, 2.75) is 19.5 Å². The summed E-state index contributed by atoms with van der Waals surface area (Å²) in [6.07, 6.45) is 1.50. The molecule has 2 aromatic carbocycles. The van der Waals surface area contributed by atoms with Crippen molar-refractivity contribution >= 4 is 17.4 Å². The molecule has 0 spiro atoms. The number of para-hydroxylation sites is 1. The Kier molecular flexibility index (Phi) is 5.73. The van der Waals surface area contributed by atoms with E-state index in [4.69, 9.17) is 13.9 Å². The second-order valence-corrected chi connectivity index (χ2v) is 7.45. The van der Waals surface area contributed by atoms with Gasteiger partial charge in [-0.25, -0.2) is 0 Å². The minimum Gasteiger partial charge on any atom is -0.507 e. The molecule has 1 saturated heterocycles. The van der Waals surface area contributed by atoms with Crippen LogP contribution in [0.5, 0.6) is 11.5 Å². The summed E-state index contributed by atoms with van der Waals surface area (Å²) in [4.78, 5) is 27.7. The molecule has 2 heterocycles. The van der Waals surface area contributed by atoms with E-state index in [1.165, 1.54) is 25.4 Å². The largest absolute Gasteiger partial charge is 0.507 e. The highest BCUT2D eigenvalue weighted by atomic mass is 16.5. The Bertz CT molecular complexity index is 1190. The van der Waals surface area contributed by atoms with Gasteiger partial charge in [-0.05, 0) is 37.3 Å². The number of ether oxygens (including phenoxy) is 2. The molecule has 1 N–H and O–H groups in total. The fourth-order valence-electron chi connectivity index (χ4n) is 3.98. The van der Waals surface area contributed by atoms with Crippen molar-refractivity contribution in [3.05, 3.63) is 88.9 Å². The molecule has 4 rings (SSSR count). The summed E-state index contributed by atoms with van der Waals surface area (Å²) < 4.78 is 16.3. The van der Waals surface area contributed by atoms with Crippen LogP contribution >= 0.6 is 0 Å². The van der Waals surface area contributed by atoms with Crippen molar-refractivity contribution in [3.8, 4) is 11.5 Å². The predicted octanol–water partition coefficient (Wildman–Crippen LogP) is 4.23. The van der Waals surface area contributed by atoms with Gasteiger partial charge in [0.25, 0.3) is 11.7 Å². The summed E-state index contributed by atoms with van der Waals surface area (Å²) in [7, 11) is 3.00. The number of benzene rings is 2. The first kappa shape index (κ1) is 21.2. The molecule has 0 saturated carbocycles. The zero-order valence-corrected chi connectivity index (χ0v) is 18.0. The van der Waals surface area contributed by atoms with Gasteiger partial charge in [0, 0.05) is 5.56 Å². The summed E-state index contributed by atoms with van der Waals surface area (Å²) in [5, 5.41) is 11.3. The Hall–Kier alpha value is -4.00. The topological polar surface area (TPSA) is 89.2 Å². The van der Waals surface area contributed by atoms with Crippen LogP contribution in [-0.2, 0) is 16.1 Å². The van der Waals surface area contributed by atoms with Gasteiger partial charge in [-0.2, -0.15) is 0 Å². The third-order valence-electron chi connectivity index (χ3n) is 5.49. The van der Waals surface area contributed by atoms with Crippen molar-refractivity contribution in [3.63, 3.8) is 0 Å². The number of Topliss-reactive ketones (excluding diaryl/α,β-unsaturated/α-hetero) is 1. The average molecular weight is 433 g/mol. The smallest absolute Gasteiger partial charge is 0.296 e. The number of aliphatic hydroxyl groups is 1. The van der Waals surface area contributed by atoms with E-state index in [0.717, 1.165) is 5.56 Å². The highest BCUT2D eigenvalue weighted by molar-refractivity contribution is 6.46. The Morgan fingerprint density at radius 3 is 2.47 bits per heavy atom. The van der Waals surface area contributed by atoms with Gasteiger partial charge in [-0.1, -0.05) is 29.8 Å². The Morgan fingerprint density at radius 1 is 1.03 bits per heavy atom. The maximum absolute atomic E-state index is 13.2. The first-order chi connectivity index (χ1) is 15.5. The van der Waals surface area contributed by atoms with E-state index in [-0.39, 0.29) is 17.9 Å². The van der Waals surface area contributed by atoms with Crippen molar-refractivity contribution in [1.29, 1.82) is 0 Å². The molecule has 0 bridgehead atoms. The molecular weight excluding hydrogens is 410 g/mol. The van der Waals surface area contributed by atoms with E-state index in [0.29, 0.717) is 28.4 Å². The summed E-state index contributed by atoms with van der Waals surface area (Å²) in [5.41, 5.74) is 1.75. The first-order valence-corrected chi connectivity index (χ1v) is 10.0.